The van der Waals surface area contributed by atoms with Gasteiger partial charge in [0.05, 0.1) is 28.2 Å². The second-order valence-electron chi connectivity index (χ2n) is 10.5. The molecular formula is C26H36N4O4S. The van der Waals surface area contributed by atoms with E-state index in [9.17, 15) is 19.5 Å². The second kappa shape index (κ2) is 10.1. The molecule has 1 fully saturated rings. The second-order valence-corrected chi connectivity index (χ2v) is 11.4. The van der Waals surface area contributed by atoms with Gasteiger partial charge in [-0.25, -0.2) is 4.98 Å². The Labute approximate surface area is 211 Å². The lowest BCUT2D eigenvalue weighted by atomic mass is 9.73. The van der Waals surface area contributed by atoms with Crippen LogP contribution in [0.5, 0.6) is 0 Å². The minimum absolute atomic E-state index is 0.0411. The highest BCUT2D eigenvalue weighted by Crippen LogP contribution is 2.35. The number of nitrogens with one attached hydrogen (secondary N) is 2. The summed E-state index contributed by atoms with van der Waals surface area (Å²) in [6.45, 7) is 12.5. The molecule has 4 atom stereocenters. The number of rotatable bonds is 6. The molecule has 1 aliphatic rings. The molecule has 0 spiro atoms. The molecule has 1 aromatic heterocycles. The van der Waals surface area contributed by atoms with Crippen molar-refractivity contribution in [3.05, 3.63) is 41.0 Å². The minimum atomic E-state index is -1.24. The van der Waals surface area contributed by atoms with Crippen LogP contribution in [0.4, 0.5) is 0 Å². The molecule has 0 aliphatic carbocycles. The van der Waals surface area contributed by atoms with Crippen molar-refractivity contribution in [3.8, 4) is 10.4 Å². The third-order valence-electron chi connectivity index (χ3n) is 6.97. The molecule has 0 bridgehead atoms. The summed E-state index contributed by atoms with van der Waals surface area (Å²) in [7, 11) is 0. The minimum Gasteiger partial charge on any atom is -0.391 e. The molecule has 8 nitrogen and oxygen atoms in total. The van der Waals surface area contributed by atoms with Crippen LogP contribution in [0, 0.1) is 12.3 Å². The van der Waals surface area contributed by atoms with E-state index in [0.717, 1.165) is 21.7 Å². The number of hydrogen-bond donors (Lipinski definition) is 3. The third kappa shape index (κ3) is 5.56. The van der Waals surface area contributed by atoms with Gasteiger partial charge in [0.25, 0.3) is 0 Å². The van der Waals surface area contributed by atoms with Crippen molar-refractivity contribution in [1.29, 1.82) is 0 Å². The zero-order chi connectivity index (χ0) is 26.1. The maximum Gasteiger partial charge on any atom is 0.249 e. The van der Waals surface area contributed by atoms with Gasteiger partial charge < -0.3 is 20.6 Å². The zero-order valence-corrected chi connectivity index (χ0v) is 22.3. The maximum absolute atomic E-state index is 13.7. The fourth-order valence-electron chi connectivity index (χ4n) is 4.38. The lowest BCUT2D eigenvalue weighted by Gasteiger charge is -2.44. The van der Waals surface area contributed by atoms with Crippen LogP contribution in [-0.2, 0) is 14.4 Å². The lowest BCUT2D eigenvalue weighted by molar-refractivity contribution is -0.149. The topological polar surface area (TPSA) is 112 Å². The van der Waals surface area contributed by atoms with Crippen LogP contribution in [-0.4, -0.2) is 56.9 Å². The molecular weight excluding hydrogens is 464 g/mol. The van der Waals surface area contributed by atoms with E-state index in [0.29, 0.717) is 0 Å². The Balaban J connectivity index is 1.76. The molecule has 3 amide bonds. The molecule has 9 heteroatoms. The Hall–Kier alpha value is -2.78. The fourth-order valence-corrected chi connectivity index (χ4v) is 5.19. The van der Waals surface area contributed by atoms with Gasteiger partial charge in [0.2, 0.25) is 17.7 Å². The van der Waals surface area contributed by atoms with Gasteiger partial charge in [-0.2, -0.15) is 0 Å². The normalized spacial score (nSPS) is 20.7. The summed E-state index contributed by atoms with van der Waals surface area (Å²) in [6, 6.07) is 6.84. The van der Waals surface area contributed by atoms with Gasteiger partial charge in [0.1, 0.15) is 11.6 Å². The van der Waals surface area contributed by atoms with Crippen molar-refractivity contribution < 1.29 is 19.5 Å². The van der Waals surface area contributed by atoms with Gasteiger partial charge in [-0.1, -0.05) is 45.0 Å². The lowest BCUT2D eigenvalue weighted by Crippen LogP contribution is -2.65. The first-order chi connectivity index (χ1) is 16.2. The van der Waals surface area contributed by atoms with Crippen LogP contribution in [0.3, 0.4) is 0 Å². The first kappa shape index (κ1) is 26.8. The highest BCUT2D eigenvalue weighted by molar-refractivity contribution is 7.13. The smallest absolute Gasteiger partial charge is 0.249 e. The van der Waals surface area contributed by atoms with E-state index in [4.69, 9.17) is 0 Å². The number of carbonyl (C=O) groups is 3. The fraction of sp³-hybridized carbons (Fsp3) is 0.538. The number of β-amino-alcohol motifs (C(OH)–C–C–N with tert-alkyl or cyclic N) is 1. The van der Waals surface area contributed by atoms with E-state index in [2.05, 4.69) is 15.6 Å². The van der Waals surface area contributed by atoms with Crippen molar-refractivity contribution in [3.63, 3.8) is 0 Å². The number of aliphatic hydroxyl groups is 1. The Bertz CT molecular complexity index is 1090. The number of hydrogen-bond acceptors (Lipinski definition) is 6. The van der Waals surface area contributed by atoms with Crippen molar-refractivity contribution in [1.82, 2.24) is 20.5 Å². The summed E-state index contributed by atoms with van der Waals surface area (Å²) in [6.07, 6.45) is -0.665. The monoisotopic (exact) mass is 500 g/mol. The molecule has 35 heavy (non-hydrogen) atoms. The van der Waals surface area contributed by atoms with Crippen LogP contribution in [0.25, 0.3) is 10.4 Å². The maximum atomic E-state index is 13.7. The number of amides is 3. The number of aromatic nitrogens is 1. The summed E-state index contributed by atoms with van der Waals surface area (Å²) < 4.78 is 0. The average Bonchev–Trinajstić information content (AvgIpc) is 3.37. The highest BCUT2D eigenvalue weighted by Gasteiger charge is 2.51. The van der Waals surface area contributed by atoms with E-state index in [-0.39, 0.29) is 36.7 Å². The summed E-state index contributed by atoms with van der Waals surface area (Å²) in [5, 5.41) is 16.1. The molecule has 1 saturated heterocycles. The largest absolute Gasteiger partial charge is 0.391 e. The van der Waals surface area contributed by atoms with E-state index in [1.165, 1.54) is 11.8 Å². The van der Waals surface area contributed by atoms with Crippen molar-refractivity contribution in [2.45, 2.75) is 78.6 Å². The highest BCUT2D eigenvalue weighted by atomic mass is 32.1. The van der Waals surface area contributed by atoms with Crippen LogP contribution >= 0.6 is 11.3 Å². The first-order valence-corrected chi connectivity index (χ1v) is 12.7. The predicted molar refractivity (Wildman–Crippen MR) is 137 cm³/mol. The molecule has 0 saturated carbocycles. The van der Waals surface area contributed by atoms with Gasteiger partial charge in [-0.15, -0.1) is 11.3 Å². The van der Waals surface area contributed by atoms with Gasteiger partial charge in [0, 0.05) is 19.9 Å². The number of aryl methyl sites for hydroxylation is 1. The number of carbonyl (C=O) groups excluding carboxylic acids is 3. The Kier molecular flexibility index (Phi) is 7.71. The van der Waals surface area contributed by atoms with Gasteiger partial charge in [-0.3, -0.25) is 14.4 Å². The van der Waals surface area contributed by atoms with E-state index < -0.39 is 23.1 Å². The first-order valence-electron chi connectivity index (χ1n) is 11.8. The Morgan fingerprint density at radius 1 is 1.17 bits per heavy atom. The average molecular weight is 501 g/mol. The van der Waals surface area contributed by atoms with Crippen LogP contribution in [0.2, 0.25) is 0 Å². The van der Waals surface area contributed by atoms with Crippen molar-refractivity contribution in [2.75, 3.05) is 6.54 Å². The number of aliphatic hydroxyl groups excluding tert-OH is 1. The van der Waals surface area contributed by atoms with E-state index >= 15 is 0 Å². The summed E-state index contributed by atoms with van der Waals surface area (Å²) >= 11 is 1.59. The standard InChI is InChI=1S/C26H36N4O4S/c1-15(18-8-10-19(11-9-18)22-16(2)27-14-35-22)28-23(33)21-12-20(32)13-30(21)24(34)26(7,25(4,5)6)29-17(3)31/h8-11,14-15,20-21,32H,12-13H2,1-7H3,(H,28,33)(H,29,31)/t15-,20+,21-,26+/m0/s1. The molecule has 3 rings (SSSR count). The van der Waals surface area contributed by atoms with Crippen LogP contribution < -0.4 is 10.6 Å². The summed E-state index contributed by atoms with van der Waals surface area (Å²) in [5.74, 6) is -1.04. The third-order valence-corrected chi connectivity index (χ3v) is 7.95. The Morgan fingerprint density at radius 2 is 1.80 bits per heavy atom. The molecule has 1 aromatic carbocycles. The van der Waals surface area contributed by atoms with E-state index in [1.54, 1.807) is 18.3 Å². The number of nitrogens with zero attached hydrogens (tertiary/aromatic N) is 2. The van der Waals surface area contributed by atoms with Gasteiger partial charge in [-0.05, 0) is 37.3 Å². The zero-order valence-electron chi connectivity index (χ0n) is 21.5. The quantitative estimate of drug-likeness (QED) is 0.564. The van der Waals surface area contributed by atoms with Gasteiger partial charge >= 0.3 is 0 Å². The number of likely N-dealkylation sites (tertiary alicyclic amines) is 1. The summed E-state index contributed by atoms with van der Waals surface area (Å²) in [4.78, 5) is 45.7. The molecule has 2 aromatic rings. The van der Waals surface area contributed by atoms with Crippen LogP contribution in [0.15, 0.2) is 29.8 Å². The van der Waals surface area contributed by atoms with Gasteiger partial charge in [0.15, 0.2) is 0 Å². The molecule has 3 N–H and O–H groups in total. The predicted octanol–water partition coefficient (Wildman–Crippen LogP) is 3.20. The molecule has 2 heterocycles. The number of thiazole rings is 1. The molecule has 0 radical (unpaired) electrons. The SMILES string of the molecule is CC(=O)N[C@](C)(C(=O)N1C[C@H](O)C[C@H]1C(=O)N[C@@H](C)c1ccc(-c2scnc2C)cc1)C(C)(C)C. The van der Waals surface area contributed by atoms with Crippen LogP contribution in [0.1, 0.15) is 65.3 Å². The Morgan fingerprint density at radius 3 is 2.31 bits per heavy atom. The van der Waals surface area contributed by atoms with Crippen molar-refractivity contribution >= 4 is 29.1 Å². The number of benzene rings is 1. The molecule has 190 valence electrons. The molecule has 1 aliphatic heterocycles. The molecule has 0 unspecified atom stereocenters. The van der Waals surface area contributed by atoms with E-state index in [1.807, 2.05) is 64.4 Å². The summed E-state index contributed by atoms with van der Waals surface area (Å²) in [5.41, 5.74) is 2.95. The van der Waals surface area contributed by atoms with Crippen molar-refractivity contribution in [2.24, 2.45) is 5.41 Å².